The molecule has 160 valence electrons. The van der Waals surface area contributed by atoms with Gasteiger partial charge in [0, 0.05) is 25.7 Å². The summed E-state index contributed by atoms with van der Waals surface area (Å²) in [7, 11) is 0. The van der Waals surface area contributed by atoms with Crippen LogP contribution in [-0.2, 0) is 4.79 Å². The number of anilines is 1. The summed E-state index contributed by atoms with van der Waals surface area (Å²) >= 11 is 0. The third-order valence-electron chi connectivity index (χ3n) is 5.50. The van der Waals surface area contributed by atoms with E-state index in [0.29, 0.717) is 38.2 Å². The SMILES string of the molecule is O=C(NC1CCN(c2ccccc2OC(F)F)C1)[C@@H]1CCCN1C(=O)c1ccco1. The molecule has 9 heteroatoms. The van der Waals surface area contributed by atoms with Crippen LogP contribution in [0.25, 0.3) is 0 Å². The number of hydrogen-bond acceptors (Lipinski definition) is 5. The number of amides is 2. The highest BCUT2D eigenvalue weighted by atomic mass is 19.3. The molecular formula is C21H23F2N3O4. The number of nitrogens with zero attached hydrogens (tertiary/aromatic N) is 2. The Bertz CT molecular complexity index is 890. The summed E-state index contributed by atoms with van der Waals surface area (Å²) in [5.74, 6) is -0.150. The molecule has 4 rings (SSSR count). The Kier molecular flexibility index (Phi) is 5.87. The number of halogens is 2. The van der Waals surface area contributed by atoms with Crippen molar-refractivity contribution in [2.45, 2.75) is 38.0 Å². The molecular weight excluding hydrogens is 396 g/mol. The molecule has 30 heavy (non-hydrogen) atoms. The lowest BCUT2D eigenvalue weighted by Gasteiger charge is -2.25. The van der Waals surface area contributed by atoms with Crippen molar-refractivity contribution in [2.24, 2.45) is 0 Å². The average molecular weight is 419 g/mol. The van der Waals surface area contributed by atoms with Crippen molar-refractivity contribution < 1.29 is 27.5 Å². The van der Waals surface area contributed by atoms with E-state index >= 15 is 0 Å². The van der Waals surface area contributed by atoms with Crippen LogP contribution in [-0.4, -0.2) is 55.0 Å². The minimum absolute atomic E-state index is 0.116. The first kappa shape index (κ1) is 20.2. The molecule has 2 aliphatic heterocycles. The minimum Gasteiger partial charge on any atom is -0.459 e. The lowest BCUT2D eigenvalue weighted by Crippen LogP contribution is -2.49. The van der Waals surface area contributed by atoms with E-state index < -0.39 is 12.7 Å². The minimum atomic E-state index is -2.90. The van der Waals surface area contributed by atoms with Crippen LogP contribution >= 0.6 is 0 Å². The number of rotatable bonds is 6. The van der Waals surface area contributed by atoms with Gasteiger partial charge < -0.3 is 24.3 Å². The van der Waals surface area contributed by atoms with Gasteiger partial charge in [0.1, 0.15) is 11.8 Å². The van der Waals surface area contributed by atoms with Crippen molar-refractivity contribution in [1.82, 2.24) is 10.2 Å². The highest BCUT2D eigenvalue weighted by Gasteiger charge is 2.37. The van der Waals surface area contributed by atoms with Gasteiger partial charge in [-0.3, -0.25) is 9.59 Å². The number of likely N-dealkylation sites (tertiary alicyclic amines) is 1. The van der Waals surface area contributed by atoms with Gasteiger partial charge >= 0.3 is 6.61 Å². The second-order valence-corrected chi connectivity index (χ2v) is 7.42. The van der Waals surface area contributed by atoms with E-state index in [9.17, 15) is 18.4 Å². The molecule has 0 saturated carbocycles. The molecule has 0 aliphatic carbocycles. The second-order valence-electron chi connectivity index (χ2n) is 7.42. The standard InChI is InChI=1S/C21H23F2N3O4/c22-21(23)30-17-7-2-1-5-15(17)25-11-9-14(13-25)24-19(27)16-6-3-10-26(16)20(28)18-8-4-12-29-18/h1-2,4-5,7-8,12,14,16,21H,3,6,9-11,13H2,(H,24,27)/t14?,16-/m0/s1. The van der Waals surface area contributed by atoms with Crippen molar-refractivity contribution in [3.8, 4) is 5.75 Å². The van der Waals surface area contributed by atoms with Crippen LogP contribution in [0.4, 0.5) is 14.5 Å². The van der Waals surface area contributed by atoms with Crippen molar-refractivity contribution >= 4 is 17.5 Å². The van der Waals surface area contributed by atoms with Crippen LogP contribution in [0, 0.1) is 0 Å². The van der Waals surface area contributed by atoms with Crippen LogP contribution in [0.2, 0.25) is 0 Å². The summed E-state index contributed by atoms with van der Waals surface area (Å²) in [6.07, 6.45) is 3.45. The van der Waals surface area contributed by atoms with Gasteiger partial charge in [-0.2, -0.15) is 8.78 Å². The molecule has 2 saturated heterocycles. The largest absolute Gasteiger partial charge is 0.459 e. The molecule has 1 aromatic carbocycles. The Morgan fingerprint density at radius 1 is 1.13 bits per heavy atom. The van der Waals surface area contributed by atoms with Crippen molar-refractivity contribution in [3.63, 3.8) is 0 Å². The number of carbonyl (C=O) groups excluding carboxylic acids is 2. The number of ether oxygens (including phenoxy) is 1. The molecule has 0 bridgehead atoms. The third-order valence-corrected chi connectivity index (χ3v) is 5.50. The van der Waals surface area contributed by atoms with Crippen molar-refractivity contribution in [3.05, 3.63) is 48.4 Å². The first-order chi connectivity index (χ1) is 14.5. The molecule has 1 N–H and O–H groups in total. The predicted molar refractivity (Wildman–Crippen MR) is 105 cm³/mol. The Labute approximate surface area is 172 Å². The summed E-state index contributed by atoms with van der Waals surface area (Å²) in [4.78, 5) is 28.9. The monoisotopic (exact) mass is 419 g/mol. The molecule has 2 aliphatic rings. The molecule has 1 aromatic heterocycles. The predicted octanol–water partition coefficient (Wildman–Crippen LogP) is 2.88. The van der Waals surface area contributed by atoms with E-state index in [4.69, 9.17) is 4.42 Å². The molecule has 7 nitrogen and oxygen atoms in total. The average Bonchev–Trinajstić information content (AvgIpc) is 3.48. The molecule has 2 atom stereocenters. The van der Waals surface area contributed by atoms with E-state index in [1.807, 2.05) is 4.90 Å². The first-order valence-corrected chi connectivity index (χ1v) is 9.96. The lowest BCUT2D eigenvalue weighted by atomic mass is 10.1. The van der Waals surface area contributed by atoms with Gasteiger partial charge in [0.25, 0.3) is 5.91 Å². The zero-order chi connectivity index (χ0) is 21.1. The maximum absolute atomic E-state index is 12.9. The van der Waals surface area contributed by atoms with Gasteiger partial charge in [0.15, 0.2) is 5.76 Å². The fourth-order valence-corrected chi connectivity index (χ4v) is 4.13. The van der Waals surface area contributed by atoms with Crippen molar-refractivity contribution in [1.29, 1.82) is 0 Å². The molecule has 3 heterocycles. The number of alkyl halides is 2. The van der Waals surface area contributed by atoms with Crippen LogP contribution in [0.3, 0.4) is 0 Å². The summed E-state index contributed by atoms with van der Waals surface area (Å²) in [6, 6.07) is 9.18. The summed E-state index contributed by atoms with van der Waals surface area (Å²) in [5.41, 5.74) is 0.574. The molecule has 2 aromatic rings. The van der Waals surface area contributed by atoms with Gasteiger partial charge in [0.05, 0.1) is 12.0 Å². The topological polar surface area (TPSA) is 75.0 Å². The Balaban J connectivity index is 1.38. The lowest BCUT2D eigenvalue weighted by molar-refractivity contribution is -0.125. The number of benzene rings is 1. The number of para-hydroxylation sites is 2. The summed E-state index contributed by atoms with van der Waals surface area (Å²) in [6.45, 7) is -1.31. The van der Waals surface area contributed by atoms with E-state index in [1.54, 1.807) is 35.2 Å². The molecule has 2 fully saturated rings. The molecule has 2 amide bonds. The Hall–Kier alpha value is -3.10. The second kappa shape index (κ2) is 8.73. The van der Waals surface area contributed by atoms with E-state index in [-0.39, 0.29) is 29.4 Å². The fraction of sp³-hybridized carbons (Fsp3) is 0.429. The number of furan rings is 1. The van der Waals surface area contributed by atoms with Crippen LogP contribution in [0.1, 0.15) is 29.8 Å². The quantitative estimate of drug-likeness (QED) is 0.779. The third kappa shape index (κ3) is 4.24. The van der Waals surface area contributed by atoms with Gasteiger partial charge in [-0.05, 0) is 43.5 Å². The number of hydrogen-bond donors (Lipinski definition) is 1. The normalized spacial score (nSPS) is 21.3. The highest BCUT2D eigenvalue weighted by Crippen LogP contribution is 2.32. The Morgan fingerprint density at radius 3 is 2.73 bits per heavy atom. The van der Waals surface area contributed by atoms with Gasteiger partial charge in [-0.25, -0.2) is 0 Å². The molecule has 0 radical (unpaired) electrons. The van der Waals surface area contributed by atoms with Crippen molar-refractivity contribution in [2.75, 3.05) is 24.5 Å². The van der Waals surface area contributed by atoms with Crippen LogP contribution in [0.15, 0.2) is 47.1 Å². The fourth-order valence-electron chi connectivity index (χ4n) is 4.13. The summed E-state index contributed by atoms with van der Waals surface area (Å²) in [5, 5.41) is 3.02. The highest BCUT2D eigenvalue weighted by molar-refractivity contribution is 5.96. The number of nitrogens with one attached hydrogen (secondary N) is 1. The van der Waals surface area contributed by atoms with E-state index in [2.05, 4.69) is 10.1 Å². The molecule has 1 unspecified atom stereocenters. The van der Waals surface area contributed by atoms with E-state index in [0.717, 1.165) is 6.42 Å². The van der Waals surface area contributed by atoms with E-state index in [1.165, 1.54) is 12.3 Å². The van der Waals surface area contributed by atoms with Gasteiger partial charge in [0.2, 0.25) is 5.91 Å². The zero-order valence-electron chi connectivity index (χ0n) is 16.3. The van der Waals surface area contributed by atoms with Gasteiger partial charge in [-0.15, -0.1) is 0 Å². The van der Waals surface area contributed by atoms with Crippen LogP contribution < -0.4 is 15.0 Å². The summed E-state index contributed by atoms with van der Waals surface area (Å²) < 4.78 is 35.1. The Morgan fingerprint density at radius 2 is 1.97 bits per heavy atom. The first-order valence-electron chi connectivity index (χ1n) is 9.96. The number of carbonyl (C=O) groups is 2. The molecule has 0 spiro atoms. The van der Waals surface area contributed by atoms with Gasteiger partial charge in [-0.1, -0.05) is 12.1 Å². The smallest absolute Gasteiger partial charge is 0.387 e. The maximum atomic E-state index is 12.9. The van der Waals surface area contributed by atoms with Crippen LogP contribution in [0.5, 0.6) is 5.75 Å². The zero-order valence-corrected chi connectivity index (χ0v) is 16.3. The maximum Gasteiger partial charge on any atom is 0.387 e.